The number of fused-ring (bicyclic) bond motifs is 2. The second-order valence-corrected chi connectivity index (χ2v) is 4.96. The number of anilines is 1. The van der Waals surface area contributed by atoms with Crippen LogP contribution in [0.1, 0.15) is 5.89 Å². The van der Waals surface area contributed by atoms with Crippen molar-refractivity contribution in [3.8, 4) is 6.08 Å². The number of nitrogens with one attached hydrogen (secondary N) is 1. The molecule has 0 aliphatic heterocycles. The number of aromatic nitrogens is 2. The molecule has 0 unspecified atom stereocenters. The van der Waals surface area contributed by atoms with Crippen molar-refractivity contribution in [1.29, 1.82) is 0 Å². The Morgan fingerprint density at radius 1 is 1.08 bits per heavy atom. The van der Waals surface area contributed by atoms with Gasteiger partial charge in [0.25, 0.3) is 0 Å². The van der Waals surface area contributed by atoms with Gasteiger partial charge in [0.05, 0.1) is 0 Å². The van der Waals surface area contributed by atoms with Crippen molar-refractivity contribution in [3.63, 3.8) is 0 Å². The van der Waals surface area contributed by atoms with E-state index in [9.17, 15) is 4.79 Å². The first-order valence-corrected chi connectivity index (χ1v) is 7.05. The third kappa shape index (κ3) is 2.72. The first kappa shape index (κ1) is 14.1. The van der Waals surface area contributed by atoms with Crippen LogP contribution in [0.2, 0.25) is 0 Å². The number of rotatable bonds is 4. The molecule has 24 heavy (non-hydrogen) atoms. The molecule has 0 bridgehead atoms. The third-order valence-corrected chi connectivity index (χ3v) is 3.28. The van der Waals surface area contributed by atoms with Crippen molar-refractivity contribution >= 4 is 34.0 Å². The smallest absolute Gasteiger partial charge is 0.409 e. The molecule has 4 aromatic rings. The van der Waals surface area contributed by atoms with Crippen molar-refractivity contribution in [2.75, 3.05) is 5.32 Å². The summed E-state index contributed by atoms with van der Waals surface area (Å²) in [5.74, 6) is 0.409. The van der Waals surface area contributed by atoms with Crippen LogP contribution in [0.15, 0.2) is 51.3 Å². The van der Waals surface area contributed by atoms with Gasteiger partial charge in [-0.15, -0.1) is 0 Å². The standard InChI is InChI=1S/C16H11N3O5/c20-15(21)17-9-5-6-13-11(7-9)19-16(24-13)22-8-14-18-10-3-1-2-4-12(10)23-14/h1-7,17H,8H2,(H,20,21). The predicted octanol–water partition coefficient (Wildman–Crippen LogP) is 3.64. The summed E-state index contributed by atoms with van der Waals surface area (Å²) in [6, 6.07) is 12.1. The van der Waals surface area contributed by atoms with Gasteiger partial charge < -0.3 is 18.7 Å². The van der Waals surface area contributed by atoms with E-state index in [1.54, 1.807) is 18.2 Å². The van der Waals surface area contributed by atoms with E-state index in [2.05, 4.69) is 15.3 Å². The molecular weight excluding hydrogens is 314 g/mol. The highest BCUT2D eigenvalue weighted by atomic mass is 16.6. The van der Waals surface area contributed by atoms with E-state index in [0.29, 0.717) is 28.3 Å². The van der Waals surface area contributed by atoms with E-state index in [4.69, 9.17) is 18.7 Å². The Morgan fingerprint density at radius 2 is 1.92 bits per heavy atom. The van der Waals surface area contributed by atoms with Gasteiger partial charge in [-0.25, -0.2) is 9.78 Å². The van der Waals surface area contributed by atoms with E-state index in [1.165, 1.54) is 0 Å². The molecule has 2 heterocycles. The second kappa shape index (κ2) is 5.58. The number of carboxylic acid groups (broad SMARTS) is 1. The molecule has 0 spiro atoms. The first-order chi connectivity index (χ1) is 11.7. The van der Waals surface area contributed by atoms with Gasteiger partial charge in [0, 0.05) is 5.69 Å². The second-order valence-electron chi connectivity index (χ2n) is 4.96. The molecule has 8 heteroatoms. The predicted molar refractivity (Wildman–Crippen MR) is 84.0 cm³/mol. The zero-order valence-electron chi connectivity index (χ0n) is 12.2. The molecule has 8 nitrogen and oxygen atoms in total. The molecule has 0 radical (unpaired) electrons. The number of hydrogen-bond acceptors (Lipinski definition) is 6. The molecule has 0 saturated heterocycles. The van der Waals surface area contributed by atoms with Crippen LogP contribution in [0.25, 0.3) is 22.2 Å². The van der Waals surface area contributed by atoms with Crippen LogP contribution in [0.3, 0.4) is 0 Å². The summed E-state index contributed by atoms with van der Waals surface area (Å²) in [5, 5.41) is 11.0. The largest absolute Gasteiger partial charge is 0.465 e. The Labute approximate surface area is 134 Å². The molecule has 0 aliphatic carbocycles. The Bertz CT molecular complexity index is 1000. The van der Waals surface area contributed by atoms with Gasteiger partial charge in [0.2, 0.25) is 5.89 Å². The number of oxazole rings is 2. The SMILES string of the molecule is O=C(O)Nc1ccc2oc(OCc3nc4ccccc4o3)nc2c1. The van der Waals surface area contributed by atoms with E-state index in [0.717, 1.165) is 5.52 Å². The molecule has 0 atom stereocenters. The average Bonchev–Trinajstić information content (AvgIpc) is 3.14. The number of benzene rings is 2. The van der Waals surface area contributed by atoms with Crippen molar-refractivity contribution in [2.24, 2.45) is 0 Å². The van der Waals surface area contributed by atoms with Gasteiger partial charge in [-0.05, 0) is 30.3 Å². The molecule has 2 N–H and O–H groups in total. The third-order valence-electron chi connectivity index (χ3n) is 3.28. The zero-order valence-corrected chi connectivity index (χ0v) is 12.2. The summed E-state index contributed by atoms with van der Waals surface area (Å²) < 4.78 is 16.4. The summed E-state index contributed by atoms with van der Waals surface area (Å²) in [6.45, 7) is 0.0712. The highest BCUT2D eigenvalue weighted by Crippen LogP contribution is 2.24. The first-order valence-electron chi connectivity index (χ1n) is 7.05. The molecule has 1 amide bonds. The number of nitrogens with zero attached hydrogens (tertiary/aromatic N) is 2. The fourth-order valence-electron chi connectivity index (χ4n) is 2.27. The summed E-state index contributed by atoms with van der Waals surface area (Å²) in [4.78, 5) is 19.1. The minimum atomic E-state index is -1.15. The maximum absolute atomic E-state index is 10.6. The number of ether oxygens (including phenoxy) is 1. The monoisotopic (exact) mass is 325 g/mol. The van der Waals surface area contributed by atoms with Crippen LogP contribution in [0, 0.1) is 0 Å². The Hall–Kier alpha value is -3.55. The van der Waals surface area contributed by atoms with Gasteiger partial charge in [-0.3, -0.25) is 5.32 Å². The lowest BCUT2D eigenvalue weighted by Gasteiger charge is -1.97. The fraction of sp³-hybridized carbons (Fsp3) is 0.0625. The summed E-state index contributed by atoms with van der Waals surface area (Å²) in [5.41, 5.74) is 2.79. The summed E-state index contributed by atoms with van der Waals surface area (Å²) in [7, 11) is 0. The number of amides is 1. The van der Waals surface area contributed by atoms with Crippen LogP contribution in [0.4, 0.5) is 10.5 Å². The van der Waals surface area contributed by atoms with Gasteiger partial charge >= 0.3 is 12.2 Å². The van der Waals surface area contributed by atoms with Gasteiger partial charge in [0.1, 0.15) is 11.0 Å². The normalized spacial score (nSPS) is 11.0. The average molecular weight is 325 g/mol. The van der Waals surface area contributed by atoms with Crippen molar-refractivity contribution in [3.05, 3.63) is 48.4 Å². The fourth-order valence-corrected chi connectivity index (χ4v) is 2.27. The lowest BCUT2D eigenvalue weighted by molar-refractivity contribution is 0.203. The van der Waals surface area contributed by atoms with E-state index in [-0.39, 0.29) is 12.7 Å². The maximum atomic E-state index is 10.6. The lowest BCUT2D eigenvalue weighted by Crippen LogP contribution is -2.06. The molecule has 120 valence electrons. The minimum absolute atomic E-state index is 0.0553. The van der Waals surface area contributed by atoms with Crippen LogP contribution < -0.4 is 10.1 Å². The molecule has 0 fully saturated rings. The molecule has 0 saturated carbocycles. The molecule has 0 aliphatic rings. The van der Waals surface area contributed by atoms with Crippen LogP contribution in [-0.4, -0.2) is 21.2 Å². The number of carbonyl (C=O) groups is 1. The Morgan fingerprint density at radius 3 is 2.75 bits per heavy atom. The van der Waals surface area contributed by atoms with E-state index in [1.807, 2.05) is 24.3 Å². The molecule has 2 aromatic heterocycles. The maximum Gasteiger partial charge on any atom is 0.409 e. The molecule has 4 rings (SSSR count). The lowest BCUT2D eigenvalue weighted by atomic mass is 10.3. The summed E-state index contributed by atoms with van der Waals surface area (Å²) in [6.07, 6.45) is -1.09. The highest BCUT2D eigenvalue weighted by molar-refractivity contribution is 5.87. The topological polar surface area (TPSA) is 111 Å². The van der Waals surface area contributed by atoms with Crippen LogP contribution >= 0.6 is 0 Å². The molecule has 2 aromatic carbocycles. The van der Waals surface area contributed by atoms with Crippen molar-refractivity contribution < 1.29 is 23.5 Å². The van der Waals surface area contributed by atoms with Crippen LogP contribution in [-0.2, 0) is 6.61 Å². The zero-order chi connectivity index (χ0) is 16.5. The van der Waals surface area contributed by atoms with Crippen LogP contribution in [0.5, 0.6) is 6.08 Å². The Balaban J connectivity index is 1.52. The van der Waals surface area contributed by atoms with Gasteiger partial charge in [0.15, 0.2) is 17.8 Å². The highest BCUT2D eigenvalue weighted by Gasteiger charge is 2.11. The molecular formula is C16H11N3O5. The van der Waals surface area contributed by atoms with Crippen molar-refractivity contribution in [2.45, 2.75) is 6.61 Å². The van der Waals surface area contributed by atoms with Crippen molar-refractivity contribution in [1.82, 2.24) is 9.97 Å². The van der Waals surface area contributed by atoms with E-state index >= 15 is 0 Å². The van der Waals surface area contributed by atoms with E-state index < -0.39 is 6.09 Å². The quantitative estimate of drug-likeness (QED) is 0.589. The Kier molecular flexibility index (Phi) is 3.27. The van der Waals surface area contributed by atoms with Gasteiger partial charge in [-0.2, -0.15) is 4.98 Å². The number of para-hydroxylation sites is 2. The minimum Gasteiger partial charge on any atom is -0.465 e. The number of hydrogen-bond donors (Lipinski definition) is 2. The summed E-state index contributed by atoms with van der Waals surface area (Å²) >= 11 is 0. The van der Waals surface area contributed by atoms with Gasteiger partial charge in [-0.1, -0.05) is 12.1 Å².